The Kier molecular flexibility index (Phi) is 3.19. The maximum Gasteiger partial charge on any atom is 0.203 e. The second-order valence-electron chi connectivity index (χ2n) is 4.56. The number of rotatable bonds is 4. The molecule has 1 heterocycles. The van der Waals surface area contributed by atoms with Gasteiger partial charge < -0.3 is 20.5 Å². The fourth-order valence-corrected chi connectivity index (χ4v) is 1.65. The van der Waals surface area contributed by atoms with E-state index in [9.17, 15) is 0 Å². The molecule has 0 spiro atoms. The Morgan fingerprint density at radius 1 is 1.24 bits per heavy atom. The minimum absolute atomic E-state index is 0.753. The van der Waals surface area contributed by atoms with Crippen LogP contribution in [0, 0.1) is 0 Å². The van der Waals surface area contributed by atoms with E-state index in [0.29, 0.717) is 0 Å². The van der Waals surface area contributed by atoms with E-state index in [1.165, 1.54) is 0 Å². The number of nitrogens with one attached hydrogen (secondary N) is 1. The van der Waals surface area contributed by atoms with Crippen LogP contribution in [0.1, 0.15) is 0 Å². The van der Waals surface area contributed by atoms with Crippen LogP contribution in [0.15, 0.2) is 18.2 Å². The van der Waals surface area contributed by atoms with Gasteiger partial charge in [-0.3, -0.25) is 0 Å². The molecule has 1 aromatic heterocycles. The highest BCUT2D eigenvalue weighted by atomic mass is 15.3. The number of anilines is 2. The molecule has 2 aromatic rings. The second kappa shape index (κ2) is 4.63. The molecule has 0 atom stereocenters. The molecule has 5 nitrogen and oxygen atoms in total. The Hall–Kier alpha value is -1.75. The summed E-state index contributed by atoms with van der Waals surface area (Å²) < 4.78 is 0. The summed E-state index contributed by atoms with van der Waals surface area (Å²) in [7, 11) is 6.16. The van der Waals surface area contributed by atoms with Gasteiger partial charge >= 0.3 is 0 Å². The highest BCUT2D eigenvalue weighted by molar-refractivity contribution is 5.80. The third kappa shape index (κ3) is 2.68. The lowest BCUT2D eigenvalue weighted by Gasteiger charge is -2.18. The molecule has 0 bridgehead atoms. The summed E-state index contributed by atoms with van der Waals surface area (Å²) in [6, 6.07) is 5.71. The van der Waals surface area contributed by atoms with Gasteiger partial charge in [-0.1, -0.05) is 0 Å². The fraction of sp³-hybridized carbons (Fsp3) is 0.417. The highest BCUT2D eigenvalue weighted by Crippen LogP contribution is 2.18. The van der Waals surface area contributed by atoms with Crippen LogP contribution in [0.4, 0.5) is 11.6 Å². The zero-order chi connectivity index (χ0) is 12.4. The Morgan fingerprint density at radius 2 is 2.00 bits per heavy atom. The number of imidazole rings is 1. The van der Waals surface area contributed by atoms with Gasteiger partial charge in [-0.15, -0.1) is 0 Å². The molecule has 92 valence electrons. The monoisotopic (exact) mass is 233 g/mol. The SMILES string of the molecule is CN(C)CCN(C)c1nc2ccc(N)cc2[nH]1. The van der Waals surface area contributed by atoms with Crippen molar-refractivity contribution in [2.24, 2.45) is 0 Å². The van der Waals surface area contributed by atoms with Crippen molar-refractivity contribution in [3.05, 3.63) is 18.2 Å². The van der Waals surface area contributed by atoms with Gasteiger partial charge in [0.2, 0.25) is 5.95 Å². The van der Waals surface area contributed by atoms with Crippen molar-refractivity contribution in [2.45, 2.75) is 0 Å². The van der Waals surface area contributed by atoms with Crippen molar-refractivity contribution in [1.29, 1.82) is 0 Å². The van der Waals surface area contributed by atoms with Crippen LogP contribution < -0.4 is 10.6 Å². The van der Waals surface area contributed by atoms with Gasteiger partial charge in [0.25, 0.3) is 0 Å². The molecule has 3 N–H and O–H groups in total. The van der Waals surface area contributed by atoms with Crippen LogP contribution >= 0.6 is 0 Å². The first-order valence-electron chi connectivity index (χ1n) is 5.67. The molecule has 17 heavy (non-hydrogen) atoms. The Labute approximate surface area is 101 Å². The lowest BCUT2D eigenvalue weighted by molar-refractivity contribution is 0.416. The summed E-state index contributed by atoms with van der Waals surface area (Å²) in [4.78, 5) is 12.1. The molecule has 0 saturated carbocycles. The summed E-state index contributed by atoms with van der Waals surface area (Å²) in [5.41, 5.74) is 8.43. The number of nitrogens with zero attached hydrogens (tertiary/aromatic N) is 3. The molecule has 1 aromatic carbocycles. The molecule has 0 amide bonds. The molecule has 0 unspecified atom stereocenters. The molecule has 2 rings (SSSR count). The number of H-pyrrole nitrogens is 1. The van der Waals surface area contributed by atoms with E-state index in [4.69, 9.17) is 5.73 Å². The van der Waals surface area contributed by atoms with Crippen LogP contribution in [0.5, 0.6) is 0 Å². The van der Waals surface area contributed by atoms with E-state index >= 15 is 0 Å². The van der Waals surface area contributed by atoms with E-state index < -0.39 is 0 Å². The van der Waals surface area contributed by atoms with Crippen LogP contribution in [-0.4, -0.2) is 49.1 Å². The smallest absolute Gasteiger partial charge is 0.203 e. The van der Waals surface area contributed by atoms with E-state index in [2.05, 4.69) is 33.9 Å². The molecule has 0 aliphatic rings. The number of fused-ring (bicyclic) bond motifs is 1. The first-order valence-corrected chi connectivity index (χ1v) is 5.67. The molecule has 0 aliphatic heterocycles. The molecule has 0 saturated heterocycles. The molecular formula is C12H19N5. The van der Waals surface area contributed by atoms with Crippen LogP contribution in [0.2, 0.25) is 0 Å². The average Bonchev–Trinajstić information content (AvgIpc) is 2.68. The van der Waals surface area contributed by atoms with Gasteiger partial charge in [0, 0.05) is 25.8 Å². The van der Waals surface area contributed by atoms with Crippen molar-refractivity contribution < 1.29 is 0 Å². The molecular weight excluding hydrogens is 214 g/mol. The van der Waals surface area contributed by atoms with E-state index in [0.717, 1.165) is 35.8 Å². The third-order valence-corrected chi connectivity index (χ3v) is 2.74. The largest absolute Gasteiger partial charge is 0.399 e. The first-order chi connectivity index (χ1) is 8.06. The number of nitrogens with two attached hydrogens (primary N) is 1. The van der Waals surface area contributed by atoms with E-state index in [1.807, 2.05) is 25.2 Å². The Bertz CT molecular complexity index is 503. The molecule has 0 fully saturated rings. The lowest BCUT2D eigenvalue weighted by atomic mass is 10.3. The lowest BCUT2D eigenvalue weighted by Crippen LogP contribution is -2.29. The number of hydrogen-bond acceptors (Lipinski definition) is 4. The quantitative estimate of drug-likeness (QED) is 0.777. The second-order valence-corrected chi connectivity index (χ2v) is 4.56. The highest BCUT2D eigenvalue weighted by Gasteiger charge is 2.07. The van der Waals surface area contributed by atoms with Gasteiger partial charge in [0.15, 0.2) is 0 Å². The Balaban J connectivity index is 2.18. The maximum atomic E-state index is 5.74. The van der Waals surface area contributed by atoms with Gasteiger partial charge in [0.1, 0.15) is 0 Å². The van der Waals surface area contributed by atoms with Gasteiger partial charge in [0.05, 0.1) is 11.0 Å². The molecule has 0 aliphatic carbocycles. The zero-order valence-corrected chi connectivity index (χ0v) is 10.6. The van der Waals surface area contributed by atoms with Crippen LogP contribution in [0.25, 0.3) is 11.0 Å². The van der Waals surface area contributed by atoms with Crippen molar-refractivity contribution in [1.82, 2.24) is 14.9 Å². The van der Waals surface area contributed by atoms with Crippen molar-refractivity contribution >= 4 is 22.7 Å². The molecule has 5 heteroatoms. The summed E-state index contributed by atoms with van der Waals surface area (Å²) >= 11 is 0. The molecule has 0 radical (unpaired) electrons. The predicted molar refractivity (Wildman–Crippen MR) is 72.3 cm³/mol. The van der Waals surface area contributed by atoms with Crippen molar-refractivity contribution in [2.75, 3.05) is 44.9 Å². The summed E-state index contributed by atoms with van der Waals surface area (Å²) in [5, 5.41) is 0. The van der Waals surface area contributed by atoms with Crippen LogP contribution in [-0.2, 0) is 0 Å². The summed E-state index contributed by atoms with van der Waals surface area (Å²) in [5.74, 6) is 0.882. The van der Waals surface area contributed by atoms with Gasteiger partial charge in [-0.25, -0.2) is 4.98 Å². The number of hydrogen-bond donors (Lipinski definition) is 2. The van der Waals surface area contributed by atoms with Crippen LogP contribution in [0.3, 0.4) is 0 Å². The summed E-state index contributed by atoms with van der Waals surface area (Å²) in [6.45, 7) is 1.93. The number of nitrogen functional groups attached to an aromatic ring is 1. The minimum Gasteiger partial charge on any atom is -0.399 e. The van der Waals surface area contributed by atoms with Crippen molar-refractivity contribution in [3.8, 4) is 0 Å². The topological polar surface area (TPSA) is 61.2 Å². The van der Waals surface area contributed by atoms with Gasteiger partial charge in [-0.05, 0) is 32.3 Å². The first kappa shape index (κ1) is 11.7. The van der Waals surface area contributed by atoms with E-state index in [-0.39, 0.29) is 0 Å². The van der Waals surface area contributed by atoms with Crippen molar-refractivity contribution in [3.63, 3.8) is 0 Å². The Morgan fingerprint density at radius 3 is 2.71 bits per heavy atom. The predicted octanol–water partition coefficient (Wildman–Crippen LogP) is 1.14. The number of aromatic amines is 1. The zero-order valence-electron chi connectivity index (χ0n) is 10.6. The maximum absolute atomic E-state index is 5.74. The third-order valence-electron chi connectivity index (χ3n) is 2.74. The fourth-order valence-electron chi connectivity index (χ4n) is 1.65. The summed E-state index contributed by atoms with van der Waals surface area (Å²) in [6.07, 6.45) is 0. The standard InChI is InChI=1S/C12H19N5/c1-16(2)6-7-17(3)12-14-10-5-4-9(13)8-11(10)15-12/h4-5,8H,6-7,13H2,1-3H3,(H,14,15). The van der Waals surface area contributed by atoms with Gasteiger partial charge in [-0.2, -0.15) is 0 Å². The van der Waals surface area contributed by atoms with E-state index in [1.54, 1.807) is 0 Å². The minimum atomic E-state index is 0.753. The average molecular weight is 233 g/mol. The number of benzene rings is 1. The number of likely N-dealkylation sites (N-methyl/N-ethyl adjacent to an activating group) is 2. The number of aromatic nitrogens is 2. The normalized spacial score (nSPS) is 11.3.